The molecule has 1 saturated carbocycles. The minimum atomic E-state index is 0.0422. The zero-order valence-corrected chi connectivity index (χ0v) is 17.1. The molecule has 3 rings (SSSR count). The highest BCUT2D eigenvalue weighted by Gasteiger charge is 2.14. The number of nitrogens with zero attached hydrogens (tertiary/aromatic N) is 2. The average molecular weight is 382 g/mol. The SMILES string of the molecule is Cc1cc(Nc2ccc(NC(=O)CC(C)C)cc2)nc(NC2CCCCC2)n1. The van der Waals surface area contributed by atoms with Gasteiger partial charge in [-0.15, -0.1) is 0 Å². The van der Waals surface area contributed by atoms with Crippen molar-refractivity contribution in [2.24, 2.45) is 5.92 Å². The summed E-state index contributed by atoms with van der Waals surface area (Å²) in [5.74, 6) is 1.84. The van der Waals surface area contributed by atoms with Gasteiger partial charge in [0.25, 0.3) is 0 Å². The lowest BCUT2D eigenvalue weighted by Gasteiger charge is -2.23. The molecule has 3 N–H and O–H groups in total. The molecule has 1 aromatic carbocycles. The molecule has 2 aromatic rings. The van der Waals surface area contributed by atoms with Gasteiger partial charge in [0.05, 0.1) is 0 Å². The number of aryl methyl sites for hydroxylation is 1. The predicted octanol–water partition coefficient (Wildman–Crippen LogP) is 5.26. The van der Waals surface area contributed by atoms with E-state index in [-0.39, 0.29) is 5.91 Å². The molecule has 0 unspecified atom stereocenters. The van der Waals surface area contributed by atoms with Crippen LogP contribution in [0.25, 0.3) is 0 Å². The smallest absolute Gasteiger partial charge is 0.225 e. The van der Waals surface area contributed by atoms with Gasteiger partial charge in [0.15, 0.2) is 0 Å². The van der Waals surface area contributed by atoms with E-state index in [4.69, 9.17) is 0 Å². The van der Waals surface area contributed by atoms with Gasteiger partial charge in [0, 0.05) is 35.6 Å². The number of hydrogen-bond acceptors (Lipinski definition) is 5. The van der Waals surface area contributed by atoms with Crippen molar-refractivity contribution < 1.29 is 4.79 Å². The fourth-order valence-corrected chi connectivity index (χ4v) is 3.49. The van der Waals surface area contributed by atoms with E-state index in [0.717, 1.165) is 22.9 Å². The largest absolute Gasteiger partial charge is 0.351 e. The first-order chi connectivity index (χ1) is 13.5. The highest BCUT2D eigenvalue weighted by Crippen LogP contribution is 2.23. The Kier molecular flexibility index (Phi) is 6.85. The van der Waals surface area contributed by atoms with Crippen LogP contribution in [0.3, 0.4) is 0 Å². The summed E-state index contributed by atoms with van der Waals surface area (Å²) in [4.78, 5) is 21.0. The maximum absolute atomic E-state index is 11.9. The highest BCUT2D eigenvalue weighted by atomic mass is 16.1. The quantitative estimate of drug-likeness (QED) is 0.610. The normalized spacial score (nSPS) is 14.7. The van der Waals surface area contributed by atoms with Gasteiger partial charge in [-0.1, -0.05) is 33.1 Å². The molecule has 1 heterocycles. The molecule has 0 saturated heterocycles. The van der Waals surface area contributed by atoms with Gasteiger partial charge in [-0.3, -0.25) is 4.79 Å². The van der Waals surface area contributed by atoms with Crippen molar-refractivity contribution in [3.63, 3.8) is 0 Å². The van der Waals surface area contributed by atoms with Crippen LogP contribution in [0.2, 0.25) is 0 Å². The van der Waals surface area contributed by atoms with Crippen LogP contribution in [0.15, 0.2) is 30.3 Å². The number of amides is 1. The number of hydrogen-bond donors (Lipinski definition) is 3. The molecule has 0 spiro atoms. The molecule has 28 heavy (non-hydrogen) atoms. The van der Waals surface area contributed by atoms with Gasteiger partial charge >= 0.3 is 0 Å². The summed E-state index contributed by atoms with van der Waals surface area (Å²) < 4.78 is 0. The highest BCUT2D eigenvalue weighted by molar-refractivity contribution is 5.91. The van der Waals surface area contributed by atoms with E-state index in [1.54, 1.807) is 0 Å². The lowest BCUT2D eigenvalue weighted by Crippen LogP contribution is -2.23. The van der Waals surface area contributed by atoms with Gasteiger partial charge in [0.1, 0.15) is 5.82 Å². The van der Waals surface area contributed by atoms with Gasteiger partial charge in [-0.25, -0.2) is 4.98 Å². The molecular formula is C22H31N5O. The van der Waals surface area contributed by atoms with Gasteiger partial charge in [-0.05, 0) is 49.9 Å². The van der Waals surface area contributed by atoms with Crippen LogP contribution < -0.4 is 16.0 Å². The van der Waals surface area contributed by atoms with Crippen LogP contribution >= 0.6 is 0 Å². The van der Waals surface area contributed by atoms with E-state index >= 15 is 0 Å². The Morgan fingerprint density at radius 3 is 2.43 bits per heavy atom. The molecular weight excluding hydrogens is 350 g/mol. The summed E-state index contributed by atoms with van der Waals surface area (Å²) in [5.41, 5.74) is 2.65. The molecule has 0 aliphatic heterocycles. The Balaban J connectivity index is 1.62. The van der Waals surface area contributed by atoms with Gasteiger partial charge in [0.2, 0.25) is 11.9 Å². The van der Waals surface area contributed by atoms with E-state index < -0.39 is 0 Å². The lowest BCUT2D eigenvalue weighted by molar-refractivity contribution is -0.116. The average Bonchev–Trinajstić information content (AvgIpc) is 2.63. The van der Waals surface area contributed by atoms with E-state index in [1.807, 2.05) is 51.1 Å². The maximum Gasteiger partial charge on any atom is 0.225 e. The molecule has 1 aliphatic carbocycles. The van der Waals surface area contributed by atoms with Crippen molar-refractivity contribution >= 4 is 29.0 Å². The fourth-order valence-electron chi connectivity index (χ4n) is 3.49. The number of carbonyl (C=O) groups excluding carboxylic acids is 1. The second-order valence-electron chi connectivity index (χ2n) is 8.05. The third kappa shape index (κ3) is 6.22. The van der Waals surface area contributed by atoms with E-state index in [0.29, 0.717) is 24.3 Å². The number of carbonyl (C=O) groups is 1. The lowest BCUT2D eigenvalue weighted by atomic mass is 9.96. The number of nitrogens with one attached hydrogen (secondary N) is 3. The van der Waals surface area contributed by atoms with E-state index in [2.05, 4.69) is 25.9 Å². The Morgan fingerprint density at radius 1 is 1.07 bits per heavy atom. The monoisotopic (exact) mass is 381 g/mol. The Hall–Kier alpha value is -2.63. The first-order valence-electron chi connectivity index (χ1n) is 10.3. The number of anilines is 4. The molecule has 1 aromatic heterocycles. The Morgan fingerprint density at radius 2 is 1.75 bits per heavy atom. The van der Waals surface area contributed by atoms with Crippen LogP contribution in [-0.2, 0) is 4.79 Å². The predicted molar refractivity (Wildman–Crippen MR) is 115 cm³/mol. The summed E-state index contributed by atoms with van der Waals surface area (Å²) >= 11 is 0. The van der Waals surface area contributed by atoms with Crippen molar-refractivity contribution in [2.45, 2.75) is 65.3 Å². The van der Waals surface area contributed by atoms with Crippen LogP contribution in [0.1, 0.15) is 58.1 Å². The Labute approximate surface area is 167 Å². The number of aromatic nitrogens is 2. The second-order valence-corrected chi connectivity index (χ2v) is 8.05. The third-order valence-corrected chi connectivity index (χ3v) is 4.83. The summed E-state index contributed by atoms with van der Waals surface area (Å²) in [6.45, 7) is 6.05. The van der Waals surface area contributed by atoms with Crippen molar-refractivity contribution in [3.05, 3.63) is 36.0 Å². The zero-order valence-electron chi connectivity index (χ0n) is 17.1. The summed E-state index contributed by atoms with van der Waals surface area (Å²) in [7, 11) is 0. The van der Waals surface area contributed by atoms with Gasteiger partial charge < -0.3 is 16.0 Å². The number of rotatable bonds is 7. The standard InChI is InChI=1S/C22H31N5O/c1-15(2)13-21(28)25-19-11-9-18(10-12-19)24-20-14-16(3)23-22(27-20)26-17-7-5-4-6-8-17/h9-12,14-15,17H,4-8,13H2,1-3H3,(H,25,28)(H2,23,24,26,27). The summed E-state index contributed by atoms with van der Waals surface area (Å²) in [5, 5.41) is 9.74. The molecule has 150 valence electrons. The van der Waals surface area contributed by atoms with Crippen molar-refractivity contribution in [1.82, 2.24) is 9.97 Å². The molecule has 0 atom stereocenters. The second kappa shape index (κ2) is 9.53. The van der Waals surface area contributed by atoms with Crippen LogP contribution in [0.5, 0.6) is 0 Å². The maximum atomic E-state index is 11.9. The Bertz CT molecular complexity index is 782. The van der Waals surface area contributed by atoms with Crippen LogP contribution in [-0.4, -0.2) is 21.9 Å². The molecule has 1 aliphatic rings. The molecule has 0 radical (unpaired) electrons. The minimum Gasteiger partial charge on any atom is -0.351 e. The molecule has 6 heteroatoms. The van der Waals surface area contributed by atoms with Crippen LogP contribution in [0.4, 0.5) is 23.1 Å². The van der Waals surface area contributed by atoms with E-state index in [9.17, 15) is 4.79 Å². The minimum absolute atomic E-state index is 0.0422. The van der Waals surface area contributed by atoms with Crippen LogP contribution in [0, 0.1) is 12.8 Å². The van der Waals surface area contributed by atoms with Gasteiger partial charge in [-0.2, -0.15) is 4.98 Å². The van der Waals surface area contributed by atoms with Crippen molar-refractivity contribution in [2.75, 3.05) is 16.0 Å². The first kappa shape index (κ1) is 20.1. The fraction of sp³-hybridized carbons (Fsp3) is 0.500. The van der Waals surface area contributed by atoms with E-state index in [1.165, 1.54) is 32.1 Å². The molecule has 6 nitrogen and oxygen atoms in total. The zero-order chi connectivity index (χ0) is 19.9. The number of benzene rings is 1. The summed E-state index contributed by atoms with van der Waals surface area (Å²) in [6.07, 6.45) is 6.77. The third-order valence-electron chi connectivity index (χ3n) is 4.83. The molecule has 0 bridgehead atoms. The first-order valence-corrected chi connectivity index (χ1v) is 10.3. The summed E-state index contributed by atoms with van der Waals surface area (Å²) in [6, 6.07) is 10.1. The molecule has 1 fully saturated rings. The topological polar surface area (TPSA) is 78.9 Å². The molecule has 1 amide bonds. The van der Waals surface area contributed by atoms with Crippen molar-refractivity contribution in [1.29, 1.82) is 0 Å². The van der Waals surface area contributed by atoms with Crippen molar-refractivity contribution in [3.8, 4) is 0 Å².